The van der Waals surface area contributed by atoms with Crippen LogP contribution in [-0.2, 0) is 14.4 Å². The average molecular weight is 303 g/mol. The monoisotopic (exact) mass is 303 g/mol. The van der Waals surface area contributed by atoms with Crippen LogP contribution in [0.15, 0.2) is 23.3 Å². The lowest BCUT2D eigenvalue weighted by Gasteiger charge is -2.21. The van der Waals surface area contributed by atoms with Crippen molar-refractivity contribution in [1.29, 1.82) is 0 Å². The summed E-state index contributed by atoms with van der Waals surface area (Å²) < 4.78 is 0. The van der Waals surface area contributed by atoms with E-state index in [1.807, 2.05) is 32.0 Å². The lowest BCUT2D eigenvalue weighted by atomic mass is 10.1. The summed E-state index contributed by atoms with van der Waals surface area (Å²) in [7, 11) is 0. The molecule has 1 aromatic rings. The summed E-state index contributed by atoms with van der Waals surface area (Å²) in [6.45, 7) is 3.31. The van der Waals surface area contributed by atoms with E-state index in [1.165, 1.54) is 0 Å². The van der Waals surface area contributed by atoms with Gasteiger partial charge in [-0.3, -0.25) is 14.4 Å². The third-order valence-electron chi connectivity index (χ3n) is 3.13. The number of hydrogen-bond donors (Lipinski definition) is 2. The van der Waals surface area contributed by atoms with Gasteiger partial charge < -0.3 is 10.4 Å². The van der Waals surface area contributed by atoms with Gasteiger partial charge in [-0.15, -0.1) is 0 Å². The number of hydrazone groups is 1. The Hall–Kier alpha value is -2.70. The fraction of sp³-hybridized carbons (Fsp3) is 0.333. The SMILES string of the molecule is Cc1cc(C)cc(NC(=O)C2=NN(CC(=O)O)C(=O)CC2)c1. The number of benzene rings is 1. The topological polar surface area (TPSA) is 99.1 Å². The molecule has 7 heteroatoms. The Bertz CT molecular complexity index is 647. The summed E-state index contributed by atoms with van der Waals surface area (Å²) in [5.74, 6) is -1.99. The molecule has 7 nitrogen and oxygen atoms in total. The maximum Gasteiger partial charge on any atom is 0.325 e. The number of rotatable bonds is 4. The van der Waals surface area contributed by atoms with E-state index in [-0.39, 0.29) is 18.6 Å². The van der Waals surface area contributed by atoms with E-state index < -0.39 is 24.3 Å². The van der Waals surface area contributed by atoms with Crippen molar-refractivity contribution in [2.75, 3.05) is 11.9 Å². The van der Waals surface area contributed by atoms with Gasteiger partial charge in [-0.2, -0.15) is 5.10 Å². The number of nitrogens with one attached hydrogen (secondary N) is 1. The fourth-order valence-electron chi connectivity index (χ4n) is 2.27. The largest absolute Gasteiger partial charge is 0.480 e. The molecule has 0 radical (unpaired) electrons. The molecular weight excluding hydrogens is 286 g/mol. The predicted molar refractivity (Wildman–Crippen MR) is 80.6 cm³/mol. The summed E-state index contributed by atoms with van der Waals surface area (Å²) >= 11 is 0. The summed E-state index contributed by atoms with van der Waals surface area (Å²) in [5.41, 5.74) is 2.83. The van der Waals surface area contributed by atoms with Gasteiger partial charge in [-0.1, -0.05) is 6.07 Å². The first kappa shape index (κ1) is 15.7. The zero-order chi connectivity index (χ0) is 16.3. The van der Waals surface area contributed by atoms with Crippen molar-refractivity contribution in [2.45, 2.75) is 26.7 Å². The Morgan fingerprint density at radius 3 is 2.45 bits per heavy atom. The van der Waals surface area contributed by atoms with Gasteiger partial charge in [0.15, 0.2) is 0 Å². The van der Waals surface area contributed by atoms with Crippen LogP contribution in [-0.4, -0.2) is 40.2 Å². The first-order chi connectivity index (χ1) is 10.3. The number of carbonyl (C=O) groups is 3. The van der Waals surface area contributed by atoms with Crippen molar-refractivity contribution in [3.63, 3.8) is 0 Å². The first-order valence-corrected chi connectivity index (χ1v) is 6.84. The van der Waals surface area contributed by atoms with Crippen molar-refractivity contribution < 1.29 is 19.5 Å². The predicted octanol–water partition coefficient (Wildman–Crippen LogP) is 1.30. The second-order valence-electron chi connectivity index (χ2n) is 5.22. The minimum atomic E-state index is -1.17. The average Bonchev–Trinajstić information content (AvgIpc) is 2.39. The molecule has 0 saturated heterocycles. The van der Waals surface area contributed by atoms with Crippen LogP contribution in [0.5, 0.6) is 0 Å². The van der Waals surface area contributed by atoms with Crippen molar-refractivity contribution in [3.8, 4) is 0 Å². The second kappa shape index (κ2) is 6.38. The minimum Gasteiger partial charge on any atom is -0.480 e. The smallest absolute Gasteiger partial charge is 0.325 e. The summed E-state index contributed by atoms with van der Waals surface area (Å²) in [6.07, 6.45) is 0.276. The highest BCUT2D eigenvalue weighted by Crippen LogP contribution is 2.15. The van der Waals surface area contributed by atoms with Crippen molar-refractivity contribution in [1.82, 2.24) is 5.01 Å². The van der Waals surface area contributed by atoms with E-state index in [0.29, 0.717) is 5.69 Å². The van der Waals surface area contributed by atoms with Crippen LogP contribution in [0.1, 0.15) is 24.0 Å². The molecule has 1 heterocycles. The Kier molecular flexibility index (Phi) is 4.55. The molecule has 116 valence electrons. The maximum absolute atomic E-state index is 12.2. The van der Waals surface area contributed by atoms with Crippen LogP contribution in [0, 0.1) is 13.8 Å². The number of anilines is 1. The van der Waals surface area contributed by atoms with Crippen molar-refractivity contribution >= 4 is 29.2 Å². The van der Waals surface area contributed by atoms with E-state index in [2.05, 4.69) is 10.4 Å². The molecule has 1 aliphatic heterocycles. The van der Waals surface area contributed by atoms with Crippen LogP contribution in [0.3, 0.4) is 0 Å². The van der Waals surface area contributed by atoms with Gasteiger partial charge in [0.1, 0.15) is 12.3 Å². The number of carboxylic acid groups (broad SMARTS) is 1. The molecule has 2 amide bonds. The molecule has 2 rings (SSSR count). The number of hydrogen-bond acceptors (Lipinski definition) is 4. The highest BCUT2D eigenvalue weighted by Gasteiger charge is 2.25. The number of carboxylic acids is 1. The molecule has 0 fully saturated rings. The first-order valence-electron chi connectivity index (χ1n) is 6.84. The molecule has 0 unspecified atom stereocenters. The molecule has 0 bridgehead atoms. The fourth-order valence-corrected chi connectivity index (χ4v) is 2.27. The lowest BCUT2D eigenvalue weighted by molar-refractivity contribution is -0.144. The number of aliphatic carboxylic acids is 1. The molecule has 0 spiro atoms. The van der Waals surface area contributed by atoms with Crippen LogP contribution >= 0.6 is 0 Å². The third kappa shape index (κ3) is 3.91. The number of nitrogens with zero attached hydrogens (tertiary/aromatic N) is 2. The molecule has 22 heavy (non-hydrogen) atoms. The maximum atomic E-state index is 12.2. The zero-order valence-corrected chi connectivity index (χ0v) is 12.4. The number of aryl methyl sites for hydroxylation is 2. The summed E-state index contributed by atoms with van der Waals surface area (Å²) in [4.78, 5) is 34.5. The normalized spacial score (nSPS) is 14.5. The summed E-state index contributed by atoms with van der Waals surface area (Å²) in [5, 5.41) is 16.1. The number of amides is 2. The second-order valence-corrected chi connectivity index (χ2v) is 5.22. The van der Waals surface area contributed by atoms with Gasteiger partial charge in [0.2, 0.25) is 5.91 Å². The molecule has 0 atom stereocenters. The quantitative estimate of drug-likeness (QED) is 0.875. The molecule has 0 aromatic heterocycles. The van der Waals surface area contributed by atoms with Crippen LogP contribution < -0.4 is 5.32 Å². The highest BCUT2D eigenvalue weighted by atomic mass is 16.4. The third-order valence-corrected chi connectivity index (χ3v) is 3.13. The van der Waals surface area contributed by atoms with Crippen molar-refractivity contribution in [3.05, 3.63) is 29.3 Å². The van der Waals surface area contributed by atoms with Gasteiger partial charge in [-0.25, -0.2) is 5.01 Å². The lowest BCUT2D eigenvalue weighted by Crippen LogP contribution is -2.38. The number of carbonyl (C=O) groups excluding carboxylic acids is 2. The Morgan fingerprint density at radius 1 is 1.23 bits per heavy atom. The van der Waals surface area contributed by atoms with E-state index in [4.69, 9.17) is 5.11 Å². The molecule has 2 N–H and O–H groups in total. The molecule has 0 saturated carbocycles. The van der Waals surface area contributed by atoms with Crippen LogP contribution in [0.2, 0.25) is 0 Å². The van der Waals surface area contributed by atoms with Gasteiger partial charge in [-0.05, 0) is 37.1 Å². The minimum absolute atomic E-state index is 0.0758. The van der Waals surface area contributed by atoms with Crippen LogP contribution in [0.4, 0.5) is 5.69 Å². The van der Waals surface area contributed by atoms with E-state index in [9.17, 15) is 14.4 Å². The van der Waals surface area contributed by atoms with Gasteiger partial charge in [0.05, 0.1) is 0 Å². The summed E-state index contributed by atoms with van der Waals surface area (Å²) in [6, 6.07) is 5.64. The van der Waals surface area contributed by atoms with Crippen molar-refractivity contribution in [2.24, 2.45) is 5.10 Å². The van der Waals surface area contributed by atoms with Crippen LogP contribution in [0.25, 0.3) is 0 Å². The van der Waals surface area contributed by atoms with E-state index >= 15 is 0 Å². The Labute approximate surface area is 127 Å². The van der Waals surface area contributed by atoms with Gasteiger partial charge >= 0.3 is 5.97 Å². The molecular formula is C15H17N3O4. The van der Waals surface area contributed by atoms with E-state index in [1.54, 1.807) is 0 Å². The standard InChI is InChI=1S/C15H17N3O4/c1-9-5-10(2)7-11(6-9)16-15(22)12-3-4-13(19)18(17-12)8-14(20)21/h5-7H,3-4,8H2,1-2H3,(H,16,22)(H,20,21). The highest BCUT2D eigenvalue weighted by molar-refractivity contribution is 6.43. The molecule has 1 aromatic carbocycles. The Balaban J connectivity index is 2.14. The molecule has 1 aliphatic rings. The van der Waals surface area contributed by atoms with E-state index in [0.717, 1.165) is 16.1 Å². The van der Waals surface area contributed by atoms with Gasteiger partial charge in [0.25, 0.3) is 5.91 Å². The zero-order valence-electron chi connectivity index (χ0n) is 12.4. The van der Waals surface area contributed by atoms with Gasteiger partial charge in [0, 0.05) is 18.5 Å². The Morgan fingerprint density at radius 2 is 1.86 bits per heavy atom. The molecule has 0 aliphatic carbocycles.